The van der Waals surface area contributed by atoms with Gasteiger partial charge in [0.05, 0.1) is 0 Å². The maximum atomic E-state index is 15.0. The molecular weight excluding hydrogens is 678 g/mol. The van der Waals surface area contributed by atoms with Crippen LogP contribution in [0.25, 0.3) is 67.2 Å². The predicted octanol–water partition coefficient (Wildman–Crippen LogP) is 11.0. The van der Waals surface area contributed by atoms with E-state index in [1.54, 1.807) is 0 Å². The highest BCUT2D eigenvalue weighted by atomic mass is 31.2. The Balaban J connectivity index is 1.10. The normalized spacial score (nSPS) is 11.4. The zero-order valence-corrected chi connectivity index (χ0v) is 30.2. The Morgan fingerprint density at radius 2 is 0.630 bits per heavy atom. The van der Waals surface area contributed by atoms with Crippen molar-refractivity contribution in [3.63, 3.8) is 0 Å². The van der Waals surface area contributed by atoms with Crippen molar-refractivity contribution in [1.82, 2.24) is 15.0 Å². The Bertz CT molecular complexity index is 2650. The highest BCUT2D eigenvalue weighted by molar-refractivity contribution is 7.85. The monoisotopic (exact) mass is 711 g/mol. The molecule has 0 amide bonds. The number of hydrogen-bond donors (Lipinski definition) is 0. The second-order valence-electron chi connectivity index (χ2n) is 13.2. The summed E-state index contributed by atoms with van der Waals surface area (Å²) in [6, 6.07) is 69.3. The average Bonchev–Trinajstić information content (AvgIpc) is 3.27. The van der Waals surface area contributed by atoms with E-state index in [9.17, 15) is 0 Å². The van der Waals surface area contributed by atoms with Crippen molar-refractivity contribution < 1.29 is 4.57 Å². The van der Waals surface area contributed by atoms with Crippen LogP contribution >= 0.6 is 7.14 Å². The Hall–Kier alpha value is -6.74. The SMILES string of the molecule is O=P(c1ccccc1)(c1ccccc1)c1ccc(-c2cccc3cccc(-c4ccc(-c5nc(-c6ccccc6)nc(-c6ccccc6)n5)cc4)c23)cc1. The fraction of sp³-hybridized carbons (Fsp3) is 0. The van der Waals surface area contributed by atoms with E-state index in [0.29, 0.717) is 17.5 Å². The molecule has 0 saturated carbocycles. The number of rotatable bonds is 8. The van der Waals surface area contributed by atoms with Crippen LogP contribution in [-0.2, 0) is 4.57 Å². The molecule has 0 spiro atoms. The van der Waals surface area contributed by atoms with Gasteiger partial charge in [0.2, 0.25) is 0 Å². The highest BCUT2D eigenvalue weighted by Gasteiger charge is 2.29. The maximum Gasteiger partial charge on any atom is 0.171 e. The Morgan fingerprint density at radius 3 is 1.06 bits per heavy atom. The van der Waals surface area contributed by atoms with Gasteiger partial charge in [-0.3, -0.25) is 0 Å². The van der Waals surface area contributed by atoms with E-state index in [2.05, 4.69) is 72.8 Å². The molecule has 1 aromatic heterocycles. The van der Waals surface area contributed by atoms with Gasteiger partial charge in [-0.1, -0.05) is 206 Å². The molecule has 0 aliphatic carbocycles. The molecule has 0 saturated heterocycles. The lowest BCUT2D eigenvalue weighted by molar-refractivity contribution is 0.592. The average molecular weight is 712 g/mol. The van der Waals surface area contributed by atoms with E-state index >= 15 is 4.57 Å². The van der Waals surface area contributed by atoms with Crippen LogP contribution in [0.1, 0.15) is 0 Å². The van der Waals surface area contributed by atoms with Crippen LogP contribution in [0.5, 0.6) is 0 Å². The first-order valence-corrected chi connectivity index (χ1v) is 19.7. The van der Waals surface area contributed by atoms with Gasteiger partial charge in [0.1, 0.15) is 0 Å². The van der Waals surface area contributed by atoms with E-state index in [1.165, 1.54) is 0 Å². The molecule has 9 aromatic rings. The summed E-state index contributed by atoms with van der Waals surface area (Å²) in [6.07, 6.45) is 0. The lowest BCUT2D eigenvalue weighted by atomic mass is 9.91. The molecule has 0 bridgehead atoms. The topological polar surface area (TPSA) is 55.7 Å². The zero-order valence-electron chi connectivity index (χ0n) is 29.3. The van der Waals surface area contributed by atoms with Crippen molar-refractivity contribution in [1.29, 1.82) is 0 Å². The van der Waals surface area contributed by atoms with Crippen LogP contribution in [-0.4, -0.2) is 15.0 Å². The van der Waals surface area contributed by atoms with Gasteiger partial charge in [0, 0.05) is 32.6 Å². The Morgan fingerprint density at radius 1 is 0.296 bits per heavy atom. The summed E-state index contributed by atoms with van der Waals surface area (Å²) < 4.78 is 15.0. The molecule has 0 fully saturated rings. The van der Waals surface area contributed by atoms with Gasteiger partial charge in [0.25, 0.3) is 0 Å². The van der Waals surface area contributed by atoms with Crippen LogP contribution in [0.4, 0.5) is 0 Å². The summed E-state index contributed by atoms with van der Waals surface area (Å²) in [4.78, 5) is 14.7. The van der Waals surface area contributed by atoms with Crippen molar-refractivity contribution >= 4 is 33.8 Å². The fourth-order valence-corrected chi connectivity index (χ4v) is 9.78. The smallest absolute Gasteiger partial charge is 0.171 e. The molecule has 256 valence electrons. The standard InChI is InChI=1S/C49H34N3OP/c53-54(41-21-9-3-10-22-41,42-23-11-4-12-24-42)43-33-31-36(32-34-43)45-26-14-20-37-19-13-25-44(46(37)45)35-27-29-40(30-28-35)49-51-47(38-15-5-1-6-16-38)50-48(52-49)39-17-7-2-8-18-39/h1-34H. The van der Waals surface area contributed by atoms with Crippen molar-refractivity contribution in [2.75, 3.05) is 0 Å². The number of fused-ring (bicyclic) bond motifs is 1. The molecule has 5 heteroatoms. The maximum absolute atomic E-state index is 15.0. The highest BCUT2D eigenvalue weighted by Crippen LogP contribution is 2.43. The molecule has 8 aromatic carbocycles. The van der Waals surface area contributed by atoms with Gasteiger partial charge in [-0.2, -0.15) is 0 Å². The van der Waals surface area contributed by atoms with Crippen LogP contribution in [0.15, 0.2) is 206 Å². The van der Waals surface area contributed by atoms with Crippen molar-refractivity contribution in [3.05, 3.63) is 206 Å². The molecule has 4 nitrogen and oxygen atoms in total. The third-order valence-corrected chi connectivity index (χ3v) is 12.9. The minimum absolute atomic E-state index is 0.622. The Labute approximate surface area is 314 Å². The fourth-order valence-electron chi connectivity index (χ4n) is 7.13. The van der Waals surface area contributed by atoms with E-state index in [0.717, 1.165) is 65.6 Å². The first kappa shape index (κ1) is 33.1. The first-order chi connectivity index (χ1) is 26.6. The van der Waals surface area contributed by atoms with Crippen LogP contribution < -0.4 is 15.9 Å². The van der Waals surface area contributed by atoms with E-state index < -0.39 is 7.14 Å². The number of nitrogens with zero attached hydrogens (tertiary/aromatic N) is 3. The summed E-state index contributed by atoms with van der Waals surface area (Å²) in [6.45, 7) is 0. The first-order valence-electron chi connectivity index (χ1n) is 18.0. The molecule has 0 N–H and O–H groups in total. The van der Waals surface area contributed by atoms with Gasteiger partial charge in [-0.05, 0) is 33.0 Å². The second-order valence-corrected chi connectivity index (χ2v) is 15.9. The molecule has 9 rings (SSSR count). The molecule has 0 unspecified atom stereocenters. The Kier molecular flexibility index (Phi) is 8.80. The van der Waals surface area contributed by atoms with Gasteiger partial charge >= 0.3 is 0 Å². The molecule has 0 aliphatic rings. The predicted molar refractivity (Wildman–Crippen MR) is 224 cm³/mol. The van der Waals surface area contributed by atoms with Crippen LogP contribution in [0.3, 0.4) is 0 Å². The summed E-state index contributed by atoms with van der Waals surface area (Å²) in [7, 11) is -3.08. The van der Waals surface area contributed by atoms with Gasteiger partial charge < -0.3 is 4.57 Å². The zero-order chi connectivity index (χ0) is 36.3. The molecular formula is C49H34N3OP. The van der Waals surface area contributed by atoms with Gasteiger partial charge in [-0.25, -0.2) is 15.0 Å². The lowest BCUT2D eigenvalue weighted by Crippen LogP contribution is -2.24. The van der Waals surface area contributed by atoms with Crippen LogP contribution in [0.2, 0.25) is 0 Å². The molecule has 54 heavy (non-hydrogen) atoms. The summed E-state index contributed by atoms with van der Waals surface area (Å²) in [5.41, 5.74) is 7.19. The lowest BCUT2D eigenvalue weighted by Gasteiger charge is -2.20. The summed E-state index contributed by atoms with van der Waals surface area (Å²) in [5.74, 6) is 1.89. The summed E-state index contributed by atoms with van der Waals surface area (Å²) in [5, 5.41) is 4.76. The van der Waals surface area contributed by atoms with E-state index in [4.69, 9.17) is 15.0 Å². The third kappa shape index (κ3) is 6.23. The number of hydrogen-bond acceptors (Lipinski definition) is 4. The second kappa shape index (κ2) is 14.4. The molecule has 0 aliphatic heterocycles. The molecule has 0 radical (unpaired) electrons. The quantitative estimate of drug-likeness (QED) is 0.147. The van der Waals surface area contributed by atoms with Crippen molar-refractivity contribution in [3.8, 4) is 56.4 Å². The minimum Gasteiger partial charge on any atom is -0.309 e. The van der Waals surface area contributed by atoms with E-state index in [-0.39, 0.29) is 0 Å². The van der Waals surface area contributed by atoms with Gasteiger partial charge in [-0.15, -0.1) is 0 Å². The van der Waals surface area contributed by atoms with E-state index in [1.807, 2.05) is 133 Å². The van der Waals surface area contributed by atoms with Crippen molar-refractivity contribution in [2.45, 2.75) is 0 Å². The third-order valence-electron chi connectivity index (χ3n) is 9.84. The molecule has 0 atom stereocenters. The number of aromatic nitrogens is 3. The van der Waals surface area contributed by atoms with Crippen LogP contribution in [0, 0.1) is 0 Å². The van der Waals surface area contributed by atoms with Crippen molar-refractivity contribution in [2.24, 2.45) is 0 Å². The minimum atomic E-state index is -3.08. The van der Waals surface area contributed by atoms with Gasteiger partial charge in [0.15, 0.2) is 24.6 Å². The molecule has 1 heterocycles. The largest absolute Gasteiger partial charge is 0.309 e. The number of benzene rings is 8. The summed E-state index contributed by atoms with van der Waals surface area (Å²) >= 11 is 0.